The lowest BCUT2D eigenvalue weighted by atomic mass is 10.1. The van der Waals surface area contributed by atoms with E-state index in [2.05, 4.69) is 30.9 Å². The van der Waals surface area contributed by atoms with E-state index in [9.17, 15) is 10.1 Å². The Kier molecular flexibility index (Phi) is 6.79. The summed E-state index contributed by atoms with van der Waals surface area (Å²) in [6.45, 7) is 7.81. The summed E-state index contributed by atoms with van der Waals surface area (Å²) in [5.74, 6) is 0.249. The lowest BCUT2D eigenvalue weighted by Gasteiger charge is -2.27. The highest BCUT2D eigenvalue weighted by molar-refractivity contribution is 5.71. The number of fused-ring (bicyclic) bond motifs is 1. The number of hydrogen-bond acceptors (Lipinski definition) is 6. The number of nitrogens with two attached hydrogens (primary N) is 1. The van der Waals surface area contributed by atoms with E-state index >= 15 is 0 Å². The molecule has 8 nitrogen and oxygen atoms in total. The number of nitro benzene ring substituents is 1. The molecule has 0 aliphatic heterocycles. The van der Waals surface area contributed by atoms with Crippen molar-refractivity contribution in [1.29, 1.82) is 0 Å². The molecule has 0 radical (unpaired) electrons. The molecule has 2 heterocycles. The minimum Gasteiger partial charge on any atom is -0.487 e. The van der Waals surface area contributed by atoms with Crippen LogP contribution in [-0.2, 0) is 13.1 Å². The average Bonchev–Trinajstić information content (AvgIpc) is 3.17. The van der Waals surface area contributed by atoms with Gasteiger partial charge >= 0.3 is 5.69 Å². The minimum absolute atomic E-state index is 0.0770. The molecule has 0 saturated carbocycles. The van der Waals surface area contributed by atoms with Gasteiger partial charge in [-0.1, -0.05) is 30.3 Å². The molecule has 2 aromatic heterocycles. The van der Waals surface area contributed by atoms with Gasteiger partial charge in [-0.2, -0.15) is 0 Å². The molecule has 0 aliphatic carbocycles. The summed E-state index contributed by atoms with van der Waals surface area (Å²) in [7, 11) is 0. The summed E-state index contributed by atoms with van der Waals surface area (Å²) in [5, 5.41) is 11.7. The van der Waals surface area contributed by atoms with Crippen molar-refractivity contribution in [3.05, 3.63) is 88.2 Å². The van der Waals surface area contributed by atoms with Crippen molar-refractivity contribution in [2.75, 3.05) is 12.3 Å². The van der Waals surface area contributed by atoms with E-state index < -0.39 is 4.92 Å². The zero-order chi connectivity index (χ0) is 24.2. The molecule has 0 unspecified atom stereocenters. The van der Waals surface area contributed by atoms with Gasteiger partial charge in [-0.15, -0.1) is 0 Å². The number of imidazole rings is 1. The molecule has 0 amide bonds. The Morgan fingerprint density at radius 1 is 1.12 bits per heavy atom. The third-order valence-corrected chi connectivity index (χ3v) is 5.78. The number of ether oxygens (including phenoxy) is 1. The van der Waals surface area contributed by atoms with Crippen molar-refractivity contribution < 1.29 is 9.66 Å². The molecule has 0 spiro atoms. The smallest absolute Gasteiger partial charge is 0.311 e. The molecule has 34 heavy (non-hydrogen) atoms. The molecule has 0 saturated heterocycles. The minimum atomic E-state index is -0.419. The van der Waals surface area contributed by atoms with E-state index in [1.165, 1.54) is 11.6 Å². The maximum atomic E-state index is 11.7. The molecule has 4 rings (SSSR count). The molecule has 0 atom stereocenters. The van der Waals surface area contributed by atoms with E-state index in [4.69, 9.17) is 15.5 Å². The molecule has 8 heteroatoms. The Morgan fingerprint density at radius 2 is 1.88 bits per heavy atom. The van der Waals surface area contributed by atoms with Gasteiger partial charge in [0.05, 0.1) is 22.9 Å². The molecule has 2 aromatic carbocycles. The number of nitrogens with zero attached hydrogens (tertiary/aromatic N) is 4. The van der Waals surface area contributed by atoms with Gasteiger partial charge in [0.1, 0.15) is 5.65 Å². The van der Waals surface area contributed by atoms with E-state index in [-0.39, 0.29) is 17.5 Å². The fourth-order valence-corrected chi connectivity index (χ4v) is 4.01. The van der Waals surface area contributed by atoms with Crippen LogP contribution in [0.25, 0.3) is 16.9 Å². The van der Waals surface area contributed by atoms with Crippen LogP contribution >= 0.6 is 0 Å². The standard InChI is InChI=1S/C26H29N5O3/c1-4-34-24-12-10-20(14-22(24)31(32)33)26-23(30-16-21(27)11-13-25(30)28-26)17-29(18(2)3)15-19-8-6-5-7-9-19/h5-14,16,18H,4,15,17,27H2,1-3H3. The summed E-state index contributed by atoms with van der Waals surface area (Å²) < 4.78 is 7.44. The number of pyridine rings is 1. The number of anilines is 1. The molecular weight excluding hydrogens is 430 g/mol. The van der Waals surface area contributed by atoms with Gasteiger partial charge in [-0.05, 0) is 50.6 Å². The van der Waals surface area contributed by atoms with Crippen LogP contribution in [0.1, 0.15) is 32.0 Å². The number of aromatic nitrogens is 2. The first-order valence-electron chi connectivity index (χ1n) is 11.3. The van der Waals surface area contributed by atoms with Gasteiger partial charge in [0, 0.05) is 42.6 Å². The molecule has 0 bridgehead atoms. The Balaban J connectivity index is 1.82. The van der Waals surface area contributed by atoms with Gasteiger partial charge in [-0.3, -0.25) is 15.0 Å². The molecule has 4 aromatic rings. The van der Waals surface area contributed by atoms with Crippen molar-refractivity contribution in [2.45, 2.75) is 39.9 Å². The highest BCUT2D eigenvalue weighted by atomic mass is 16.6. The largest absolute Gasteiger partial charge is 0.487 e. The van der Waals surface area contributed by atoms with Crippen molar-refractivity contribution in [3.8, 4) is 17.0 Å². The number of rotatable bonds is 9. The average molecular weight is 460 g/mol. The van der Waals surface area contributed by atoms with E-state index in [0.717, 1.165) is 17.9 Å². The van der Waals surface area contributed by atoms with Gasteiger partial charge in [-0.25, -0.2) is 4.98 Å². The molecule has 0 aliphatic rings. The molecule has 0 fully saturated rings. The highest BCUT2D eigenvalue weighted by Crippen LogP contribution is 2.34. The summed E-state index contributed by atoms with van der Waals surface area (Å²) in [6, 6.07) is 19.2. The number of benzene rings is 2. The quantitative estimate of drug-likeness (QED) is 0.269. The number of hydrogen-bond donors (Lipinski definition) is 1. The summed E-state index contributed by atoms with van der Waals surface area (Å²) in [5.41, 5.74) is 10.9. The van der Waals surface area contributed by atoms with Gasteiger partial charge in [0.15, 0.2) is 5.75 Å². The predicted octanol–water partition coefficient (Wildman–Crippen LogP) is 5.30. The highest BCUT2D eigenvalue weighted by Gasteiger charge is 2.23. The first-order chi connectivity index (χ1) is 16.4. The van der Waals surface area contributed by atoms with Crippen LogP contribution in [0.5, 0.6) is 5.75 Å². The van der Waals surface area contributed by atoms with Crippen LogP contribution in [0, 0.1) is 10.1 Å². The first-order valence-corrected chi connectivity index (χ1v) is 11.3. The first kappa shape index (κ1) is 23.3. The SMILES string of the molecule is CCOc1ccc(-c2nc3ccc(N)cn3c2CN(Cc2ccccc2)C(C)C)cc1[N+](=O)[O-]. The zero-order valence-electron chi connectivity index (χ0n) is 19.6. The monoisotopic (exact) mass is 459 g/mol. The predicted molar refractivity (Wildman–Crippen MR) is 134 cm³/mol. The topological polar surface area (TPSA) is 98.9 Å². The van der Waals surface area contributed by atoms with Crippen LogP contribution < -0.4 is 10.5 Å². The summed E-state index contributed by atoms with van der Waals surface area (Å²) in [4.78, 5) is 18.5. The molecule has 2 N–H and O–H groups in total. The van der Waals surface area contributed by atoms with Crippen molar-refractivity contribution >= 4 is 17.0 Å². The third kappa shape index (κ3) is 4.87. The van der Waals surface area contributed by atoms with Crippen molar-refractivity contribution in [1.82, 2.24) is 14.3 Å². The summed E-state index contributed by atoms with van der Waals surface area (Å²) >= 11 is 0. The Labute approximate surface area is 198 Å². The lowest BCUT2D eigenvalue weighted by Crippen LogP contribution is -2.30. The van der Waals surface area contributed by atoms with Crippen LogP contribution in [0.2, 0.25) is 0 Å². The van der Waals surface area contributed by atoms with Crippen LogP contribution in [0.3, 0.4) is 0 Å². The van der Waals surface area contributed by atoms with Gasteiger partial charge < -0.3 is 14.9 Å². The Morgan fingerprint density at radius 3 is 2.56 bits per heavy atom. The van der Waals surface area contributed by atoms with Gasteiger partial charge in [0.25, 0.3) is 0 Å². The molecule has 176 valence electrons. The Hall–Kier alpha value is -3.91. The van der Waals surface area contributed by atoms with Gasteiger partial charge in [0.2, 0.25) is 0 Å². The number of nitro groups is 1. The third-order valence-electron chi connectivity index (χ3n) is 5.78. The fraction of sp³-hybridized carbons (Fsp3) is 0.269. The lowest BCUT2D eigenvalue weighted by molar-refractivity contribution is -0.385. The van der Waals surface area contributed by atoms with Crippen LogP contribution in [-0.4, -0.2) is 31.9 Å². The van der Waals surface area contributed by atoms with Crippen molar-refractivity contribution in [3.63, 3.8) is 0 Å². The second-order valence-corrected chi connectivity index (χ2v) is 8.45. The van der Waals surface area contributed by atoms with Crippen molar-refractivity contribution in [2.24, 2.45) is 0 Å². The fourth-order valence-electron chi connectivity index (χ4n) is 4.01. The second kappa shape index (κ2) is 9.93. The number of nitrogen functional groups attached to an aromatic ring is 1. The second-order valence-electron chi connectivity index (χ2n) is 8.45. The maximum Gasteiger partial charge on any atom is 0.311 e. The maximum absolute atomic E-state index is 11.7. The van der Waals surface area contributed by atoms with E-state index in [0.29, 0.717) is 30.1 Å². The van der Waals surface area contributed by atoms with Crippen LogP contribution in [0.4, 0.5) is 11.4 Å². The zero-order valence-corrected chi connectivity index (χ0v) is 19.6. The normalized spacial score (nSPS) is 11.4. The van der Waals surface area contributed by atoms with E-state index in [1.54, 1.807) is 19.1 Å². The summed E-state index contributed by atoms with van der Waals surface area (Å²) in [6.07, 6.45) is 1.85. The Bertz CT molecular complexity index is 1300. The van der Waals surface area contributed by atoms with Crippen LogP contribution in [0.15, 0.2) is 66.9 Å². The molecular formula is C26H29N5O3. The van der Waals surface area contributed by atoms with E-state index in [1.807, 2.05) is 40.9 Å².